The van der Waals surface area contributed by atoms with Crippen LogP contribution in [0.1, 0.15) is 35.4 Å². The summed E-state index contributed by atoms with van der Waals surface area (Å²) in [7, 11) is 0. The molecule has 2 heterocycles. The van der Waals surface area contributed by atoms with Crippen molar-refractivity contribution in [2.45, 2.75) is 32.2 Å². The number of carbonyl (C=O) groups is 2. The van der Waals surface area contributed by atoms with Gasteiger partial charge in [-0.15, -0.1) is 5.10 Å². The highest BCUT2D eigenvalue weighted by Gasteiger charge is 2.34. The number of carboxylic acids is 1. The van der Waals surface area contributed by atoms with E-state index in [1.807, 2.05) is 54.6 Å². The summed E-state index contributed by atoms with van der Waals surface area (Å²) in [4.78, 5) is 25.9. The summed E-state index contributed by atoms with van der Waals surface area (Å²) in [5, 5.41) is 17.7. The highest BCUT2D eigenvalue weighted by atomic mass is 16.4. The summed E-state index contributed by atoms with van der Waals surface area (Å²) in [6.45, 7) is 2.20. The van der Waals surface area contributed by atoms with Crippen molar-refractivity contribution < 1.29 is 14.7 Å². The SMILES string of the molecule is Cc1c(C(=O)N2CCCCC2C(=O)O)nnn1-c1ccc(-c2ccccc2)cc1. The van der Waals surface area contributed by atoms with Crippen LogP contribution in [-0.2, 0) is 4.79 Å². The third-order valence-electron chi connectivity index (χ3n) is 5.36. The molecule has 0 aliphatic carbocycles. The van der Waals surface area contributed by atoms with Gasteiger partial charge in [0.25, 0.3) is 5.91 Å². The maximum atomic E-state index is 13.0. The lowest BCUT2D eigenvalue weighted by atomic mass is 10.0. The van der Waals surface area contributed by atoms with E-state index < -0.39 is 12.0 Å². The molecule has 1 amide bonds. The van der Waals surface area contributed by atoms with Gasteiger partial charge in [-0.25, -0.2) is 9.48 Å². The van der Waals surface area contributed by atoms with Crippen LogP contribution in [0.15, 0.2) is 54.6 Å². The van der Waals surface area contributed by atoms with Crippen LogP contribution in [0.5, 0.6) is 0 Å². The number of benzene rings is 2. The topological polar surface area (TPSA) is 88.3 Å². The van der Waals surface area contributed by atoms with E-state index in [0.29, 0.717) is 18.7 Å². The Morgan fingerprint density at radius 3 is 2.38 bits per heavy atom. The number of aliphatic carboxylic acids is 1. The molecule has 1 unspecified atom stereocenters. The predicted molar refractivity (Wildman–Crippen MR) is 108 cm³/mol. The normalized spacial score (nSPS) is 16.6. The first-order chi connectivity index (χ1) is 14.1. The van der Waals surface area contributed by atoms with Gasteiger partial charge in [0.05, 0.1) is 11.4 Å². The summed E-state index contributed by atoms with van der Waals surface area (Å²) >= 11 is 0. The largest absolute Gasteiger partial charge is 0.480 e. The molecular weight excluding hydrogens is 368 g/mol. The first-order valence-corrected chi connectivity index (χ1v) is 9.68. The van der Waals surface area contributed by atoms with E-state index in [9.17, 15) is 14.7 Å². The number of rotatable bonds is 4. The molecule has 148 valence electrons. The van der Waals surface area contributed by atoms with E-state index in [1.54, 1.807) is 11.6 Å². The molecule has 29 heavy (non-hydrogen) atoms. The van der Waals surface area contributed by atoms with Gasteiger partial charge in [0, 0.05) is 6.54 Å². The zero-order valence-corrected chi connectivity index (χ0v) is 16.2. The molecule has 1 saturated heterocycles. The van der Waals surface area contributed by atoms with Gasteiger partial charge in [0.1, 0.15) is 6.04 Å². The first-order valence-electron chi connectivity index (χ1n) is 9.68. The molecular formula is C22H22N4O3. The molecule has 3 aromatic rings. The highest BCUT2D eigenvalue weighted by molar-refractivity contribution is 5.96. The van der Waals surface area contributed by atoms with Crippen molar-refractivity contribution >= 4 is 11.9 Å². The van der Waals surface area contributed by atoms with Crippen molar-refractivity contribution in [1.82, 2.24) is 19.9 Å². The second kappa shape index (κ2) is 7.87. The van der Waals surface area contributed by atoms with Crippen molar-refractivity contribution in [1.29, 1.82) is 0 Å². The number of amides is 1. The Kier molecular flexibility index (Phi) is 5.12. The third kappa shape index (κ3) is 3.63. The molecule has 0 radical (unpaired) electrons. The summed E-state index contributed by atoms with van der Waals surface area (Å²) < 4.78 is 1.61. The number of carboxylic acid groups (broad SMARTS) is 1. The number of nitrogens with zero attached hydrogens (tertiary/aromatic N) is 4. The molecule has 1 N–H and O–H groups in total. The lowest BCUT2D eigenvalue weighted by Gasteiger charge is -2.32. The molecule has 2 aromatic carbocycles. The Labute approximate surface area is 168 Å². The molecule has 7 nitrogen and oxygen atoms in total. The Bertz CT molecular complexity index is 1030. The molecule has 1 atom stereocenters. The van der Waals surface area contributed by atoms with Crippen molar-refractivity contribution in [3.05, 3.63) is 66.0 Å². The van der Waals surface area contributed by atoms with E-state index in [4.69, 9.17) is 0 Å². The first kappa shape index (κ1) is 18.9. The lowest BCUT2D eigenvalue weighted by molar-refractivity contribution is -0.143. The van der Waals surface area contributed by atoms with Crippen LogP contribution in [0.25, 0.3) is 16.8 Å². The highest BCUT2D eigenvalue weighted by Crippen LogP contribution is 2.23. The van der Waals surface area contributed by atoms with Gasteiger partial charge in [-0.1, -0.05) is 47.7 Å². The molecule has 0 spiro atoms. The average Bonchev–Trinajstić information content (AvgIpc) is 3.15. The lowest BCUT2D eigenvalue weighted by Crippen LogP contribution is -2.48. The zero-order chi connectivity index (χ0) is 20.4. The van der Waals surface area contributed by atoms with Crippen LogP contribution in [0.4, 0.5) is 0 Å². The van der Waals surface area contributed by atoms with Crippen molar-refractivity contribution in [2.75, 3.05) is 6.54 Å². The van der Waals surface area contributed by atoms with E-state index in [-0.39, 0.29) is 11.6 Å². The van der Waals surface area contributed by atoms with Crippen LogP contribution < -0.4 is 0 Å². The van der Waals surface area contributed by atoms with E-state index in [1.165, 1.54) is 4.90 Å². The minimum Gasteiger partial charge on any atom is -0.480 e. The fourth-order valence-corrected chi connectivity index (χ4v) is 3.77. The van der Waals surface area contributed by atoms with Gasteiger partial charge in [-0.3, -0.25) is 4.79 Å². The van der Waals surface area contributed by atoms with Crippen LogP contribution in [0.3, 0.4) is 0 Å². The molecule has 7 heteroatoms. The smallest absolute Gasteiger partial charge is 0.326 e. The molecule has 1 aromatic heterocycles. The van der Waals surface area contributed by atoms with Crippen LogP contribution in [0.2, 0.25) is 0 Å². The van der Waals surface area contributed by atoms with Gasteiger partial charge in [-0.2, -0.15) is 0 Å². The Morgan fingerprint density at radius 2 is 1.69 bits per heavy atom. The minimum absolute atomic E-state index is 0.199. The summed E-state index contributed by atoms with van der Waals surface area (Å²) in [5.41, 5.74) is 3.79. The van der Waals surface area contributed by atoms with Crippen molar-refractivity contribution in [3.8, 4) is 16.8 Å². The zero-order valence-electron chi connectivity index (χ0n) is 16.2. The predicted octanol–water partition coefficient (Wildman–Crippen LogP) is 3.32. The number of hydrogen-bond donors (Lipinski definition) is 1. The van der Waals surface area contributed by atoms with Crippen molar-refractivity contribution in [2.24, 2.45) is 0 Å². The maximum Gasteiger partial charge on any atom is 0.326 e. The Balaban J connectivity index is 1.60. The maximum absolute atomic E-state index is 13.0. The second-order valence-corrected chi connectivity index (χ2v) is 7.20. The number of hydrogen-bond acceptors (Lipinski definition) is 4. The molecule has 1 aliphatic heterocycles. The van der Waals surface area contributed by atoms with E-state index in [2.05, 4.69) is 10.3 Å². The van der Waals surface area contributed by atoms with Crippen LogP contribution in [0, 0.1) is 6.92 Å². The monoisotopic (exact) mass is 390 g/mol. The van der Waals surface area contributed by atoms with E-state index >= 15 is 0 Å². The van der Waals surface area contributed by atoms with Crippen molar-refractivity contribution in [3.63, 3.8) is 0 Å². The number of piperidine rings is 1. The molecule has 4 rings (SSSR count). The standard InChI is InChI=1S/C22H22N4O3/c1-15-20(21(27)25-14-6-5-9-19(25)22(28)29)23-24-26(15)18-12-10-17(11-13-18)16-7-3-2-4-8-16/h2-4,7-8,10-13,19H,5-6,9,14H2,1H3,(H,28,29). The Morgan fingerprint density at radius 1 is 1.00 bits per heavy atom. The van der Waals surface area contributed by atoms with Gasteiger partial charge in [0.2, 0.25) is 0 Å². The van der Waals surface area contributed by atoms with Crippen LogP contribution in [-0.4, -0.2) is 49.5 Å². The third-order valence-corrected chi connectivity index (χ3v) is 5.36. The molecule has 1 aliphatic rings. The summed E-state index contributed by atoms with van der Waals surface area (Å²) in [6, 6.07) is 17.1. The summed E-state index contributed by atoms with van der Waals surface area (Å²) in [6.07, 6.45) is 2.07. The van der Waals surface area contributed by atoms with Gasteiger partial charge < -0.3 is 10.0 Å². The average molecular weight is 390 g/mol. The number of likely N-dealkylation sites (tertiary alicyclic amines) is 1. The molecule has 0 bridgehead atoms. The summed E-state index contributed by atoms with van der Waals surface area (Å²) in [5.74, 6) is -1.35. The quantitative estimate of drug-likeness (QED) is 0.738. The van der Waals surface area contributed by atoms with Gasteiger partial charge in [-0.05, 0) is 49.4 Å². The number of carbonyl (C=O) groups excluding carboxylic acids is 1. The van der Waals surface area contributed by atoms with Gasteiger partial charge in [0.15, 0.2) is 5.69 Å². The second-order valence-electron chi connectivity index (χ2n) is 7.20. The van der Waals surface area contributed by atoms with Gasteiger partial charge >= 0.3 is 5.97 Å². The number of aromatic nitrogens is 3. The molecule has 1 fully saturated rings. The van der Waals surface area contributed by atoms with E-state index in [0.717, 1.165) is 29.7 Å². The minimum atomic E-state index is -0.973. The fourth-order valence-electron chi connectivity index (χ4n) is 3.77. The Hall–Kier alpha value is -3.48. The van der Waals surface area contributed by atoms with Crippen LogP contribution >= 0.6 is 0 Å². The fraction of sp³-hybridized carbons (Fsp3) is 0.273. The molecule has 0 saturated carbocycles.